The number of rotatable bonds is 3. The van der Waals surface area contributed by atoms with Crippen molar-refractivity contribution in [2.24, 2.45) is 0 Å². The number of carbonyl (C=O) groups is 2. The van der Waals surface area contributed by atoms with Gasteiger partial charge in [-0.25, -0.2) is 18.7 Å². The number of hydrogen-bond donors (Lipinski definition) is 1. The average molecular weight is 532 g/mol. The molecule has 0 atom stereocenters. The van der Waals surface area contributed by atoms with Gasteiger partial charge in [-0.05, 0) is 74.7 Å². The monoisotopic (exact) mass is 531 g/mol. The number of aromatic nitrogens is 2. The van der Waals surface area contributed by atoms with E-state index in [4.69, 9.17) is 27.9 Å². The second-order valence-electron chi connectivity index (χ2n) is 9.36. The zero-order valence-electron chi connectivity index (χ0n) is 19.9. The van der Waals surface area contributed by atoms with E-state index in [9.17, 15) is 19.1 Å². The predicted octanol–water partition coefficient (Wildman–Crippen LogP) is 6.35. The third kappa shape index (κ3) is 5.55. The molecule has 0 aliphatic carbocycles. The van der Waals surface area contributed by atoms with Crippen molar-refractivity contribution in [2.75, 3.05) is 13.1 Å². The smallest absolute Gasteiger partial charge is 0.410 e. The van der Waals surface area contributed by atoms with Gasteiger partial charge in [0.25, 0.3) is 0 Å². The van der Waals surface area contributed by atoms with Gasteiger partial charge in [-0.3, -0.25) is 0 Å². The quantitative estimate of drug-likeness (QED) is 0.425. The van der Waals surface area contributed by atoms with Crippen LogP contribution in [0.4, 0.5) is 9.18 Å². The molecular formula is C26H24Cl2FN3O4. The predicted molar refractivity (Wildman–Crippen MR) is 136 cm³/mol. The van der Waals surface area contributed by atoms with E-state index in [0.717, 1.165) is 0 Å². The Morgan fingerprint density at radius 2 is 1.83 bits per heavy atom. The molecule has 1 aliphatic heterocycles. The van der Waals surface area contributed by atoms with Crippen LogP contribution in [0.2, 0.25) is 10.0 Å². The number of halogens is 3. The summed E-state index contributed by atoms with van der Waals surface area (Å²) in [4.78, 5) is 26.7. The summed E-state index contributed by atoms with van der Waals surface area (Å²) in [5, 5.41) is 15.0. The van der Waals surface area contributed by atoms with Gasteiger partial charge in [-0.15, -0.1) is 0 Å². The van der Waals surface area contributed by atoms with Crippen LogP contribution >= 0.6 is 23.2 Å². The summed E-state index contributed by atoms with van der Waals surface area (Å²) in [5.41, 5.74) is 1.77. The standard InChI is InChI=1S/C26H24Cl2FN3O4/c1-26(2,3)36-25(35)31-11-10-19-22(24(33)34)30-32(21-9-6-17(27)13-20(21)28)23(19)16(14-31)12-15-4-7-18(29)8-5-15/h4-9,12-13H,10-11,14H2,1-3H3,(H,33,34). The van der Waals surface area contributed by atoms with E-state index in [0.29, 0.717) is 33.1 Å². The lowest BCUT2D eigenvalue weighted by molar-refractivity contribution is 0.0279. The highest BCUT2D eigenvalue weighted by atomic mass is 35.5. The van der Waals surface area contributed by atoms with Crippen LogP contribution in [0, 0.1) is 5.82 Å². The van der Waals surface area contributed by atoms with E-state index in [1.807, 2.05) is 0 Å². The number of amides is 1. The third-order valence-corrected chi connectivity index (χ3v) is 6.02. The normalized spacial score (nSPS) is 14.9. The third-order valence-electron chi connectivity index (χ3n) is 5.48. The highest BCUT2D eigenvalue weighted by Gasteiger charge is 2.33. The number of ether oxygens (including phenoxy) is 1. The number of carboxylic acids is 1. The van der Waals surface area contributed by atoms with Crippen LogP contribution in [-0.2, 0) is 11.2 Å². The van der Waals surface area contributed by atoms with Gasteiger partial charge in [0.1, 0.15) is 11.4 Å². The zero-order chi connectivity index (χ0) is 26.2. The van der Waals surface area contributed by atoms with Crippen molar-refractivity contribution >= 4 is 46.9 Å². The van der Waals surface area contributed by atoms with Crippen LogP contribution in [0.25, 0.3) is 17.3 Å². The highest BCUT2D eigenvalue weighted by molar-refractivity contribution is 6.35. The number of nitrogens with zero attached hydrogens (tertiary/aromatic N) is 3. The Bertz CT molecular complexity index is 1360. The molecule has 1 aliphatic rings. The minimum Gasteiger partial charge on any atom is -0.476 e. The summed E-state index contributed by atoms with van der Waals surface area (Å²) in [5.74, 6) is -1.60. The molecule has 10 heteroatoms. The molecule has 0 bridgehead atoms. The van der Waals surface area contributed by atoms with Gasteiger partial charge in [-0.2, -0.15) is 5.10 Å². The molecule has 4 rings (SSSR count). The van der Waals surface area contributed by atoms with Crippen molar-refractivity contribution in [3.8, 4) is 5.69 Å². The Morgan fingerprint density at radius 1 is 1.14 bits per heavy atom. The summed E-state index contributed by atoms with van der Waals surface area (Å²) in [6, 6.07) is 10.7. The van der Waals surface area contributed by atoms with Gasteiger partial charge in [0.2, 0.25) is 0 Å². The molecule has 2 aromatic carbocycles. The molecule has 188 valence electrons. The van der Waals surface area contributed by atoms with E-state index >= 15 is 0 Å². The van der Waals surface area contributed by atoms with E-state index in [1.165, 1.54) is 21.7 Å². The second-order valence-corrected chi connectivity index (χ2v) is 10.2. The molecule has 0 unspecified atom stereocenters. The Labute approximate surface area is 217 Å². The first-order valence-corrected chi connectivity index (χ1v) is 11.9. The molecule has 1 aromatic heterocycles. The molecule has 1 amide bonds. The van der Waals surface area contributed by atoms with Crippen LogP contribution in [0.3, 0.4) is 0 Å². The zero-order valence-corrected chi connectivity index (χ0v) is 21.4. The summed E-state index contributed by atoms with van der Waals surface area (Å²) in [6.07, 6.45) is 1.47. The van der Waals surface area contributed by atoms with Crippen molar-refractivity contribution in [3.63, 3.8) is 0 Å². The maximum absolute atomic E-state index is 13.6. The van der Waals surface area contributed by atoms with E-state index in [-0.39, 0.29) is 36.0 Å². The molecule has 1 N–H and O–H groups in total. The number of carboxylic acid groups (broad SMARTS) is 1. The number of aromatic carboxylic acids is 1. The first-order valence-electron chi connectivity index (χ1n) is 11.2. The van der Waals surface area contributed by atoms with Crippen LogP contribution < -0.4 is 0 Å². The van der Waals surface area contributed by atoms with E-state index in [1.54, 1.807) is 57.2 Å². The van der Waals surface area contributed by atoms with Gasteiger partial charge >= 0.3 is 12.1 Å². The van der Waals surface area contributed by atoms with Gasteiger partial charge in [0, 0.05) is 17.1 Å². The number of hydrogen-bond acceptors (Lipinski definition) is 4. The van der Waals surface area contributed by atoms with Gasteiger partial charge in [-0.1, -0.05) is 35.3 Å². The largest absolute Gasteiger partial charge is 0.476 e. The fourth-order valence-electron chi connectivity index (χ4n) is 3.98. The second kappa shape index (κ2) is 9.95. The van der Waals surface area contributed by atoms with Crippen LogP contribution in [0.1, 0.15) is 48.1 Å². The number of fused-ring (bicyclic) bond motifs is 1. The van der Waals surface area contributed by atoms with Crippen LogP contribution in [-0.4, -0.2) is 50.5 Å². The molecule has 36 heavy (non-hydrogen) atoms. The Hall–Kier alpha value is -3.36. The van der Waals surface area contributed by atoms with Crippen molar-refractivity contribution in [2.45, 2.75) is 32.8 Å². The first-order chi connectivity index (χ1) is 16.9. The molecule has 0 fully saturated rings. The maximum atomic E-state index is 13.6. The van der Waals surface area contributed by atoms with Gasteiger partial charge in [0.05, 0.1) is 22.9 Å². The van der Waals surface area contributed by atoms with Gasteiger partial charge in [0.15, 0.2) is 5.69 Å². The minimum atomic E-state index is -1.21. The lowest BCUT2D eigenvalue weighted by atomic mass is 10.0. The minimum absolute atomic E-state index is 0.106. The summed E-state index contributed by atoms with van der Waals surface area (Å²) < 4.78 is 20.6. The molecule has 0 saturated heterocycles. The number of benzene rings is 2. The lowest BCUT2D eigenvalue weighted by Crippen LogP contribution is -2.38. The van der Waals surface area contributed by atoms with Crippen molar-refractivity contribution in [1.29, 1.82) is 0 Å². The maximum Gasteiger partial charge on any atom is 0.410 e. The van der Waals surface area contributed by atoms with E-state index < -0.39 is 17.7 Å². The molecule has 0 saturated carbocycles. The fraction of sp³-hybridized carbons (Fsp3) is 0.269. The molecule has 7 nitrogen and oxygen atoms in total. The summed E-state index contributed by atoms with van der Waals surface area (Å²) in [7, 11) is 0. The fourth-order valence-corrected chi connectivity index (χ4v) is 4.47. The van der Waals surface area contributed by atoms with Crippen LogP contribution in [0.5, 0.6) is 0 Å². The summed E-state index contributed by atoms with van der Waals surface area (Å²) >= 11 is 12.6. The number of carbonyl (C=O) groups excluding carboxylic acids is 1. The van der Waals surface area contributed by atoms with E-state index in [2.05, 4.69) is 5.10 Å². The average Bonchev–Trinajstić information content (AvgIpc) is 3.05. The first kappa shape index (κ1) is 25.7. The Kier molecular flexibility index (Phi) is 7.11. The van der Waals surface area contributed by atoms with Crippen molar-refractivity contribution in [1.82, 2.24) is 14.7 Å². The SMILES string of the molecule is CC(C)(C)OC(=O)N1CCc2c(C(=O)O)nn(-c3ccc(Cl)cc3Cl)c2C(=Cc2ccc(F)cc2)C1. The molecule has 2 heterocycles. The van der Waals surface area contributed by atoms with Crippen molar-refractivity contribution in [3.05, 3.63) is 80.8 Å². The molecule has 0 spiro atoms. The van der Waals surface area contributed by atoms with Crippen molar-refractivity contribution < 1.29 is 23.8 Å². The Balaban J connectivity index is 1.93. The molecule has 3 aromatic rings. The topological polar surface area (TPSA) is 84.7 Å². The lowest BCUT2D eigenvalue weighted by Gasteiger charge is -2.27. The Morgan fingerprint density at radius 3 is 2.44 bits per heavy atom. The summed E-state index contributed by atoms with van der Waals surface area (Å²) in [6.45, 7) is 5.64. The molecular weight excluding hydrogens is 508 g/mol. The molecule has 0 radical (unpaired) electrons. The highest BCUT2D eigenvalue weighted by Crippen LogP contribution is 2.34. The van der Waals surface area contributed by atoms with Crippen LogP contribution in [0.15, 0.2) is 42.5 Å². The van der Waals surface area contributed by atoms with Gasteiger partial charge < -0.3 is 14.7 Å².